The summed E-state index contributed by atoms with van der Waals surface area (Å²) in [6, 6.07) is 7.68. The van der Waals surface area contributed by atoms with Crippen molar-refractivity contribution < 1.29 is 28.6 Å². The van der Waals surface area contributed by atoms with Gasteiger partial charge in [0.05, 0.1) is 25.1 Å². The van der Waals surface area contributed by atoms with Crippen LogP contribution in [-0.2, 0) is 14.3 Å². The Labute approximate surface area is 175 Å². The van der Waals surface area contributed by atoms with Gasteiger partial charge in [-0.25, -0.2) is 0 Å². The van der Waals surface area contributed by atoms with Crippen LogP contribution in [0.3, 0.4) is 0 Å². The summed E-state index contributed by atoms with van der Waals surface area (Å²) < 4.78 is 16.3. The Morgan fingerprint density at radius 2 is 2.03 bits per heavy atom. The average molecular weight is 413 g/mol. The van der Waals surface area contributed by atoms with Gasteiger partial charge in [-0.15, -0.1) is 0 Å². The number of methoxy groups -OCH3 is 1. The van der Waals surface area contributed by atoms with E-state index in [1.807, 2.05) is 20.8 Å². The van der Waals surface area contributed by atoms with Crippen LogP contribution in [-0.4, -0.2) is 48.1 Å². The van der Waals surface area contributed by atoms with Crippen LogP contribution in [0.25, 0.3) is 5.76 Å². The topological polar surface area (TPSA) is 89.2 Å². The predicted molar refractivity (Wildman–Crippen MR) is 111 cm³/mol. The third-order valence-electron chi connectivity index (χ3n) is 5.02. The van der Waals surface area contributed by atoms with Gasteiger partial charge >= 0.3 is 0 Å². The van der Waals surface area contributed by atoms with Gasteiger partial charge in [-0.3, -0.25) is 9.59 Å². The second-order valence-electron chi connectivity index (χ2n) is 7.47. The molecular weight excluding hydrogens is 386 g/mol. The van der Waals surface area contributed by atoms with E-state index in [1.54, 1.807) is 37.4 Å². The Balaban J connectivity index is 1.99. The van der Waals surface area contributed by atoms with Crippen LogP contribution >= 0.6 is 0 Å². The van der Waals surface area contributed by atoms with Gasteiger partial charge in [0.1, 0.15) is 23.3 Å². The second kappa shape index (κ2) is 9.17. The summed E-state index contributed by atoms with van der Waals surface area (Å²) in [5, 5.41) is 11.0. The number of ether oxygens (including phenoxy) is 2. The Bertz CT molecular complexity index is 945. The summed E-state index contributed by atoms with van der Waals surface area (Å²) >= 11 is 0. The lowest BCUT2D eigenvalue weighted by atomic mass is 9.98. The maximum absolute atomic E-state index is 12.9. The molecule has 1 aromatic carbocycles. The number of furan rings is 1. The fourth-order valence-corrected chi connectivity index (χ4v) is 3.59. The Morgan fingerprint density at radius 1 is 1.27 bits per heavy atom. The molecule has 7 nitrogen and oxygen atoms in total. The number of amides is 1. The van der Waals surface area contributed by atoms with Crippen molar-refractivity contribution in [2.45, 2.75) is 39.3 Å². The molecule has 0 aliphatic carbocycles. The molecule has 1 aliphatic heterocycles. The summed E-state index contributed by atoms with van der Waals surface area (Å²) in [7, 11) is 1.56. The third kappa shape index (κ3) is 4.26. The SMILES string of the molecule is COc1ccc(/C(O)=C2/C(=O)C(=O)N(CCCOC(C)C)C2c2ccco2)cc1C. The summed E-state index contributed by atoms with van der Waals surface area (Å²) in [6.45, 7) is 6.48. The molecule has 1 amide bonds. The number of carbonyl (C=O) groups is 2. The lowest BCUT2D eigenvalue weighted by Crippen LogP contribution is -2.31. The molecule has 1 N–H and O–H groups in total. The van der Waals surface area contributed by atoms with Crippen LogP contribution < -0.4 is 4.74 Å². The van der Waals surface area contributed by atoms with Gasteiger partial charge < -0.3 is 23.9 Å². The van der Waals surface area contributed by atoms with Crippen molar-refractivity contribution >= 4 is 17.4 Å². The van der Waals surface area contributed by atoms with E-state index in [2.05, 4.69) is 0 Å². The smallest absolute Gasteiger partial charge is 0.295 e. The molecule has 7 heteroatoms. The van der Waals surface area contributed by atoms with Crippen LogP contribution in [0.2, 0.25) is 0 Å². The molecule has 2 aromatic rings. The van der Waals surface area contributed by atoms with Crippen LogP contribution in [0.1, 0.15) is 43.2 Å². The van der Waals surface area contributed by atoms with Crippen molar-refractivity contribution in [3.05, 3.63) is 59.1 Å². The number of Topliss-reactive ketones (excluding diaryl/α,β-unsaturated/α-hetero) is 1. The number of aryl methyl sites for hydroxylation is 1. The quantitative estimate of drug-likeness (QED) is 0.306. The number of hydrogen-bond acceptors (Lipinski definition) is 6. The molecule has 1 aliphatic rings. The molecule has 1 saturated heterocycles. The van der Waals surface area contributed by atoms with Crippen molar-refractivity contribution in [1.29, 1.82) is 0 Å². The maximum Gasteiger partial charge on any atom is 0.295 e. The summed E-state index contributed by atoms with van der Waals surface area (Å²) in [6.07, 6.45) is 2.12. The zero-order valence-corrected chi connectivity index (χ0v) is 17.7. The van der Waals surface area contributed by atoms with Crippen LogP contribution in [0.15, 0.2) is 46.6 Å². The van der Waals surface area contributed by atoms with E-state index in [0.717, 1.165) is 5.56 Å². The highest BCUT2D eigenvalue weighted by Crippen LogP contribution is 2.40. The average Bonchev–Trinajstić information content (AvgIpc) is 3.32. The number of likely N-dealkylation sites (tertiary alicyclic amines) is 1. The lowest BCUT2D eigenvalue weighted by Gasteiger charge is -2.23. The van der Waals surface area contributed by atoms with Crippen molar-refractivity contribution in [2.24, 2.45) is 0 Å². The highest BCUT2D eigenvalue weighted by molar-refractivity contribution is 6.46. The van der Waals surface area contributed by atoms with Crippen LogP contribution in [0.4, 0.5) is 0 Å². The van der Waals surface area contributed by atoms with Crippen molar-refractivity contribution in [3.63, 3.8) is 0 Å². The molecule has 1 atom stereocenters. The fraction of sp³-hybridized carbons (Fsp3) is 0.391. The number of rotatable bonds is 8. The van der Waals surface area contributed by atoms with E-state index >= 15 is 0 Å². The number of nitrogens with zero attached hydrogens (tertiary/aromatic N) is 1. The highest BCUT2D eigenvalue weighted by Gasteiger charge is 2.47. The molecule has 30 heavy (non-hydrogen) atoms. The van der Waals surface area contributed by atoms with E-state index in [4.69, 9.17) is 13.9 Å². The molecule has 0 radical (unpaired) electrons. The lowest BCUT2D eigenvalue weighted by molar-refractivity contribution is -0.140. The third-order valence-corrected chi connectivity index (χ3v) is 5.02. The monoisotopic (exact) mass is 413 g/mol. The number of aliphatic hydroxyl groups is 1. The highest BCUT2D eigenvalue weighted by atomic mass is 16.5. The van der Waals surface area contributed by atoms with E-state index < -0.39 is 17.7 Å². The second-order valence-corrected chi connectivity index (χ2v) is 7.47. The first-order chi connectivity index (χ1) is 14.3. The minimum Gasteiger partial charge on any atom is -0.507 e. The summed E-state index contributed by atoms with van der Waals surface area (Å²) in [5.41, 5.74) is 1.26. The van der Waals surface area contributed by atoms with E-state index in [1.165, 1.54) is 11.2 Å². The standard InChI is InChI=1S/C23H27NO6/c1-14(2)29-12-6-10-24-20(18-7-5-11-30-18)19(22(26)23(24)27)21(25)16-8-9-17(28-4)15(3)13-16/h5,7-9,11,13-14,20,25H,6,10,12H2,1-4H3/b21-19-. The minimum absolute atomic E-state index is 0.0179. The number of benzene rings is 1. The van der Waals surface area contributed by atoms with Crippen molar-refractivity contribution in [3.8, 4) is 5.75 Å². The van der Waals surface area contributed by atoms with Crippen LogP contribution in [0, 0.1) is 6.92 Å². The van der Waals surface area contributed by atoms with Crippen LogP contribution in [0.5, 0.6) is 5.75 Å². The molecule has 2 heterocycles. The van der Waals surface area contributed by atoms with Gasteiger partial charge in [0.25, 0.3) is 11.7 Å². The molecule has 1 unspecified atom stereocenters. The molecule has 160 valence electrons. The zero-order valence-electron chi connectivity index (χ0n) is 17.7. The number of ketones is 1. The first-order valence-electron chi connectivity index (χ1n) is 9.93. The number of carbonyl (C=O) groups excluding carboxylic acids is 2. The van der Waals surface area contributed by atoms with Gasteiger partial charge in [-0.05, 0) is 63.1 Å². The summed E-state index contributed by atoms with van der Waals surface area (Å²) in [4.78, 5) is 27.1. The number of hydrogen-bond donors (Lipinski definition) is 1. The Hall–Kier alpha value is -3.06. The van der Waals surface area contributed by atoms with E-state index in [0.29, 0.717) is 36.6 Å². The Morgan fingerprint density at radius 3 is 2.63 bits per heavy atom. The molecule has 0 saturated carbocycles. The number of aliphatic hydroxyl groups excluding tert-OH is 1. The van der Waals surface area contributed by atoms with E-state index in [-0.39, 0.29) is 17.4 Å². The first kappa shape index (κ1) is 21.6. The largest absolute Gasteiger partial charge is 0.507 e. The maximum atomic E-state index is 12.9. The van der Waals surface area contributed by atoms with Gasteiger partial charge in [-0.2, -0.15) is 0 Å². The predicted octanol–water partition coefficient (Wildman–Crippen LogP) is 3.83. The fourth-order valence-electron chi connectivity index (χ4n) is 3.59. The zero-order chi connectivity index (χ0) is 21.8. The molecule has 1 fully saturated rings. The van der Waals surface area contributed by atoms with Gasteiger partial charge in [0.2, 0.25) is 0 Å². The molecule has 3 rings (SSSR count). The van der Waals surface area contributed by atoms with E-state index in [9.17, 15) is 14.7 Å². The van der Waals surface area contributed by atoms with Crippen molar-refractivity contribution in [2.75, 3.05) is 20.3 Å². The molecule has 0 bridgehead atoms. The van der Waals surface area contributed by atoms with Gasteiger partial charge in [0, 0.05) is 18.7 Å². The van der Waals surface area contributed by atoms with Crippen molar-refractivity contribution in [1.82, 2.24) is 4.90 Å². The first-order valence-corrected chi connectivity index (χ1v) is 9.93. The van der Waals surface area contributed by atoms with Gasteiger partial charge in [0.15, 0.2) is 0 Å². The molecule has 1 aromatic heterocycles. The molecular formula is C23H27NO6. The van der Waals surface area contributed by atoms with Gasteiger partial charge in [-0.1, -0.05) is 0 Å². The molecule has 0 spiro atoms. The minimum atomic E-state index is -0.790. The summed E-state index contributed by atoms with van der Waals surface area (Å²) in [5.74, 6) is -0.535. The Kier molecular flexibility index (Phi) is 6.62. The normalized spacial score (nSPS) is 18.4.